The zero-order valence-corrected chi connectivity index (χ0v) is 20.0. The Hall–Kier alpha value is -3.42. The first kappa shape index (κ1) is 23.3. The van der Waals surface area contributed by atoms with Crippen molar-refractivity contribution >= 4 is 23.3 Å². The van der Waals surface area contributed by atoms with Gasteiger partial charge in [0.05, 0.1) is 17.4 Å². The third-order valence-corrected chi connectivity index (χ3v) is 8.21. The molecule has 4 bridgehead atoms. The van der Waals surface area contributed by atoms with Gasteiger partial charge in [-0.1, -0.05) is 30.3 Å². The van der Waals surface area contributed by atoms with Crippen LogP contribution in [0.15, 0.2) is 42.5 Å². The van der Waals surface area contributed by atoms with Gasteiger partial charge in [0, 0.05) is 17.8 Å². The molecule has 35 heavy (non-hydrogen) atoms. The minimum atomic E-state index is -0.535. The number of hydrogen-bond acceptors (Lipinski definition) is 6. The number of nitrogens with one attached hydrogen (secondary N) is 1. The molecule has 1 N–H and O–H groups in total. The Balaban J connectivity index is 1.28. The lowest BCUT2D eigenvalue weighted by molar-refractivity contribution is -0.385. The first-order valence-corrected chi connectivity index (χ1v) is 12.1. The van der Waals surface area contributed by atoms with E-state index in [0.717, 1.165) is 32.1 Å². The van der Waals surface area contributed by atoms with Gasteiger partial charge in [0.25, 0.3) is 5.91 Å². The quantitative estimate of drug-likeness (QED) is 0.343. The maximum absolute atomic E-state index is 13.4. The first-order chi connectivity index (χ1) is 16.7. The van der Waals surface area contributed by atoms with Crippen LogP contribution in [0.1, 0.15) is 49.7 Å². The van der Waals surface area contributed by atoms with E-state index in [1.54, 1.807) is 6.92 Å². The second-order valence-electron chi connectivity index (χ2n) is 10.6. The SMILES string of the molecule is COc1cc(NC(=O)COC(=O)C23CC4CC(C2)CC(c2ccccc2)(C4)C3)c(C)cc1[N+](=O)[O-]. The highest BCUT2D eigenvalue weighted by molar-refractivity contribution is 5.94. The average Bonchev–Trinajstić information content (AvgIpc) is 2.83. The maximum atomic E-state index is 13.4. The van der Waals surface area contributed by atoms with Crippen LogP contribution in [0.2, 0.25) is 0 Å². The highest BCUT2D eigenvalue weighted by Gasteiger charge is 2.61. The zero-order chi connectivity index (χ0) is 24.8. The molecule has 8 heteroatoms. The van der Waals surface area contributed by atoms with E-state index in [9.17, 15) is 19.7 Å². The summed E-state index contributed by atoms with van der Waals surface area (Å²) >= 11 is 0. The molecule has 4 fully saturated rings. The number of hydrogen-bond donors (Lipinski definition) is 1. The van der Waals surface area contributed by atoms with Crippen molar-refractivity contribution in [3.05, 3.63) is 63.7 Å². The summed E-state index contributed by atoms with van der Waals surface area (Å²) in [4.78, 5) is 36.7. The van der Waals surface area contributed by atoms with Gasteiger partial charge in [-0.2, -0.15) is 0 Å². The smallest absolute Gasteiger partial charge is 0.312 e. The molecule has 4 saturated carbocycles. The number of nitrogens with zero attached hydrogens (tertiary/aromatic N) is 1. The topological polar surface area (TPSA) is 108 Å². The van der Waals surface area contributed by atoms with Gasteiger partial charge in [-0.15, -0.1) is 0 Å². The van der Waals surface area contributed by atoms with Crippen molar-refractivity contribution in [2.75, 3.05) is 19.0 Å². The van der Waals surface area contributed by atoms with Gasteiger partial charge in [-0.3, -0.25) is 19.7 Å². The van der Waals surface area contributed by atoms with Gasteiger partial charge in [0.15, 0.2) is 12.4 Å². The summed E-state index contributed by atoms with van der Waals surface area (Å²) in [5, 5.41) is 13.9. The zero-order valence-electron chi connectivity index (χ0n) is 20.0. The highest BCUT2D eigenvalue weighted by Crippen LogP contribution is 2.66. The van der Waals surface area contributed by atoms with Gasteiger partial charge in [0.2, 0.25) is 0 Å². The lowest BCUT2D eigenvalue weighted by atomic mass is 9.43. The fourth-order valence-electron chi connectivity index (χ4n) is 7.21. The van der Waals surface area contributed by atoms with Crippen LogP contribution in [0.5, 0.6) is 5.75 Å². The molecular weight excluding hydrogens is 448 g/mol. The molecule has 2 aromatic carbocycles. The van der Waals surface area contributed by atoms with Gasteiger partial charge < -0.3 is 14.8 Å². The maximum Gasteiger partial charge on any atom is 0.312 e. The van der Waals surface area contributed by atoms with Crippen molar-refractivity contribution in [1.82, 2.24) is 0 Å². The van der Waals surface area contributed by atoms with Crippen molar-refractivity contribution in [2.45, 2.75) is 50.9 Å². The second kappa shape index (κ2) is 8.66. The molecule has 184 valence electrons. The molecule has 2 atom stereocenters. The molecule has 1 amide bonds. The Morgan fingerprint density at radius 3 is 2.43 bits per heavy atom. The third-order valence-electron chi connectivity index (χ3n) is 8.21. The van der Waals surface area contributed by atoms with Crippen molar-refractivity contribution in [3.63, 3.8) is 0 Å². The largest absolute Gasteiger partial charge is 0.490 e. The van der Waals surface area contributed by atoms with Crippen LogP contribution in [-0.2, 0) is 19.7 Å². The summed E-state index contributed by atoms with van der Waals surface area (Å²) in [5.74, 6) is 0.300. The number of methoxy groups -OCH3 is 1. The van der Waals surface area contributed by atoms with E-state index in [0.29, 0.717) is 23.1 Å². The number of esters is 1. The number of nitro benzene ring substituents is 1. The van der Waals surface area contributed by atoms with Crippen LogP contribution in [-0.4, -0.2) is 30.5 Å². The molecule has 0 heterocycles. The molecule has 0 aromatic heterocycles. The molecule has 8 nitrogen and oxygen atoms in total. The van der Waals surface area contributed by atoms with Crippen molar-refractivity contribution in [3.8, 4) is 5.75 Å². The van der Waals surface area contributed by atoms with E-state index in [-0.39, 0.29) is 22.8 Å². The fourth-order valence-corrected chi connectivity index (χ4v) is 7.21. The van der Waals surface area contributed by atoms with Crippen molar-refractivity contribution in [2.24, 2.45) is 17.3 Å². The number of carbonyl (C=O) groups excluding carboxylic acids is 2. The van der Waals surface area contributed by atoms with Crippen LogP contribution in [0.25, 0.3) is 0 Å². The molecule has 2 unspecified atom stereocenters. The summed E-state index contributed by atoms with van der Waals surface area (Å²) in [5.41, 5.74) is 1.51. The third kappa shape index (κ3) is 4.15. The minimum absolute atomic E-state index is 0.0129. The molecule has 4 aliphatic carbocycles. The normalized spacial score (nSPS) is 28.4. The molecular formula is C27H30N2O6. The lowest BCUT2D eigenvalue weighted by Gasteiger charge is -2.61. The van der Waals surface area contributed by atoms with Crippen LogP contribution in [0, 0.1) is 34.3 Å². The molecule has 6 rings (SSSR count). The van der Waals surface area contributed by atoms with Gasteiger partial charge >= 0.3 is 11.7 Å². The second-order valence-corrected chi connectivity index (χ2v) is 10.6. The summed E-state index contributed by atoms with van der Waals surface area (Å²) in [6, 6.07) is 13.3. The Labute approximate surface area is 204 Å². The number of ether oxygens (including phenoxy) is 2. The molecule has 4 aliphatic rings. The van der Waals surface area contributed by atoms with E-state index in [1.165, 1.54) is 31.2 Å². The lowest BCUT2D eigenvalue weighted by Crippen LogP contribution is -2.57. The summed E-state index contributed by atoms with van der Waals surface area (Å²) in [7, 11) is 1.33. The molecule has 0 aliphatic heterocycles. The molecule has 0 radical (unpaired) electrons. The van der Waals surface area contributed by atoms with E-state index >= 15 is 0 Å². The van der Waals surface area contributed by atoms with Crippen LogP contribution < -0.4 is 10.1 Å². The fraction of sp³-hybridized carbons (Fsp3) is 0.481. The Morgan fingerprint density at radius 1 is 1.11 bits per heavy atom. The molecule has 0 saturated heterocycles. The van der Waals surface area contributed by atoms with E-state index < -0.39 is 22.9 Å². The van der Waals surface area contributed by atoms with Crippen LogP contribution in [0.3, 0.4) is 0 Å². The molecule has 0 spiro atoms. The standard InChI is InChI=1S/C27H30N2O6/c1-17-8-22(29(32)33)23(34-2)10-21(17)28-24(30)15-35-25(31)27-13-18-9-19(14-27)12-26(11-18,16-27)20-6-4-3-5-7-20/h3-8,10,18-19H,9,11-16H2,1-2H3,(H,28,30). The summed E-state index contributed by atoms with van der Waals surface area (Å²) in [6.07, 6.45) is 5.84. The first-order valence-electron chi connectivity index (χ1n) is 12.1. The van der Waals surface area contributed by atoms with Crippen molar-refractivity contribution < 1.29 is 24.0 Å². The van der Waals surface area contributed by atoms with Crippen molar-refractivity contribution in [1.29, 1.82) is 0 Å². The van der Waals surface area contributed by atoms with Crippen LogP contribution in [0.4, 0.5) is 11.4 Å². The number of nitro groups is 1. The average molecular weight is 479 g/mol. The van der Waals surface area contributed by atoms with Crippen LogP contribution >= 0.6 is 0 Å². The minimum Gasteiger partial charge on any atom is -0.490 e. The molecule has 2 aromatic rings. The number of anilines is 1. The Morgan fingerprint density at radius 2 is 1.80 bits per heavy atom. The predicted octanol–water partition coefficient (Wildman–Crippen LogP) is 4.93. The van der Waals surface area contributed by atoms with Gasteiger partial charge in [0.1, 0.15) is 0 Å². The predicted molar refractivity (Wildman–Crippen MR) is 129 cm³/mol. The van der Waals surface area contributed by atoms with Gasteiger partial charge in [-0.05, 0) is 73.8 Å². The number of benzene rings is 2. The van der Waals surface area contributed by atoms with Gasteiger partial charge in [-0.25, -0.2) is 0 Å². The highest BCUT2D eigenvalue weighted by atomic mass is 16.6. The summed E-state index contributed by atoms with van der Waals surface area (Å²) < 4.78 is 10.7. The number of rotatable bonds is 7. The number of carbonyl (C=O) groups is 2. The monoisotopic (exact) mass is 478 g/mol. The number of amides is 1. The Bertz CT molecular complexity index is 1160. The van der Waals surface area contributed by atoms with E-state index in [2.05, 4.69) is 29.6 Å². The number of aryl methyl sites for hydroxylation is 1. The Kier molecular flexibility index (Phi) is 5.77. The summed E-state index contributed by atoms with van der Waals surface area (Å²) in [6.45, 7) is 1.26. The van der Waals surface area contributed by atoms with E-state index in [4.69, 9.17) is 9.47 Å². The van der Waals surface area contributed by atoms with E-state index in [1.807, 2.05) is 6.07 Å².